The highest BCUT2D eigenvalue weighted by molar-refractivity contribution is 5.92. The fourth-order valence-corrected chi connectivity index (χ4v) is 3.81. The second kappa shape index (κ2) is 8.48. The van der Waals surface area contributed by atoms with Crippen LogP contribution in [0.4, 0.5) is 5.69 Å². The van der Waals surface area contributed by atoms with Gasteiger partial charge >= 0.3 is 0 Å². The van der Waals surface area contributed by atoms with Crippen LogP contribution in [0.1, 0.15) is 52.0 Å². The first-order valence-electron chi connectivity index (χ1n) is 9.94. The molecule has 1 amide bonds. The fraction of sp³-hybridized carbons (Fsp3) is 0.417. The van der Waals surface area contributed by atoms with E-state index in [4.69, 9.17) is 10.00 Å². The zero-order valence-electron chi connectivity index (χ0n) is 16.9. The number of nitrogens with zero attached hydrogens (tertiary/aromatic N) is 1. The zero-order chi connectivity index (χ0) is 20.1. The fourth-order valence-electron chi connectivity index (χ4n) is 3.81. The summed E-state index contributed by atoms with van der Waals surface area (Å²) in [7, 11) is 0. The molecule has 1 N–H and O–H groups in total. The van der Waals surface area contributed by atoms with E-state index >= 15 is 0 Å². The molecule has 0 atom stereocenters. The predicted octanol–water partition coefficient (Wildman–Crippen LogP) is 6.14. The van der Waals surface area contributed by atoms with Crippen LogP contribution in [0.2, 0.25) is 0 Å². The monoisotopic (exact) mass is 376 g/mol. The molecule has 2 aromatic carbocycles. The van der Waals surface area contributed by atoms with Crippen molar-refractivity contribution in [1.82, 2.24) is 0 Å². The molecule has 1 saturated carbocycles. The van der Waals surface area contributed by atoms with E-state index in [1.54, 1.807) is 24.3 Å². The van der Waals surface area contributed by atoms with E-state index in [-0.39, 0.29) is 11.8 Å². The van der Waals surface area contributed by atoms with E-state index in [0.717, 1.165) is 31.4 Å². The lowest BCUT2D eigenvalue weighted by atomic mass is 9.69. The third kappa shape index (κ3) is 5.13. The Morgan fingerprint density at radius 1 is 0.964 bits per heavy atom. The van der Waals surface area contributed by atoms with Crippen LogP contribution in [0, 0.1) is 28.6 Å². The van der Waals surface area contributed by atoms with E-state index in [2.05, 4.69) is 32.2 Å². The number of amides is 1. The molecule has 0 aromatic heterocycles. The van der Waals surface area contributed by atoms with Crippen molar-refractivity contribution in [3.63, 3.8) is 0 Å². The van der Waals surface area contributed by atoms with Crippen molar-refractivity contribution in [2.24, 2.45) is 17.3 Å². The number of hydrogen-bond donors (Lipinski definition) is 1. The van der Waals surface area contributed by atoms with Crippen molar-refractivity contribution >= 4 is 11.6 Å². The molecule has 1 aliphatic rings. The number of benzene rings is 2. The molecule has 0 unspecified atom stereocenters. The summed E-state index contributed by atoms with van der Waals surface area (Å²) in [4.78, 5) is 12.6. The largest absolute Gasteiger partial charge is 0.457 e. The van der Waals surface area contributed by atoms with Crippen molar-refractivity contribution in [2.75, 3.05) is 5.32 Å². The smallest absolute Gasteiger partial charge is 0.227 e. The summed E-state index contributed by atoms with van der Waals surface area (Å²) in [6.45, 7) is 6.87. The Kier molecular flexibility index (Phi) is 6.04. The van der Waals surface area contributed by atoms with Crippen LogP contribution in [-0.2, 0) is 4.79 Å². The van der Waals surface area contributed by atoms with Crippen molar-refractivity contribution in [1.29, 1.82) is 5.26 Å². The minimum atomic E-state index is 0.105. The van der Waals surface area contributed by atoms with Gasteiger partial charge in [-0.15, -0.1) is 0 Å². The molecule has 1 fully saturated rings. The SMILES string of the molecule is CC(C)(C)C1CCC(C(=O)Nc2ccc(Oc3ccc(C#N)cc3)cc2)CC1. The topological polar surface area (TPSA) is 62.1 Å². The van der Waals surface area contributed by atoms with Crippen molar-refractivity contribution in [3.8, 4) is 17.6 Å². The lowest BCUT2D eigenvalue weighted by Gasteiger charge is -2.36. The van der Waals surface area contributed by atoms with Crippen LogP contribution >= 0.6 is 0 Å². The molecule has 0 aliphatic heterocycles. The molecule has 146 valence electrons. The Morgan fingerprint density at radius 2 is 1.50 bits per heavy atom. The van der Waals surface area contributed by atoms with Gasteiger partial charge in [0.05, 0.1) is 11.6 Å². The molecule has 0 spiro atoms. The maximum atomic E-state index is 12.6. The van der Waals surface area contributed by atoms with Gasteiger partial charge in [-0.2, -0.15) is 5.26 Å². The van der Waals surface area contributed by atoms with Gasteiger partial charge < -0.3 is 10.1 Å². The van der Waals surface area contributed by atoms with E-state index in [1.165, 1.54) is 0 Å². The van der Waals surface area contributed by atoms with E-state index < -0.39 is 0 Å². The summed E-state index contributed by atoms with van der Waals surface area (Å²) in [6.07, 6.45) is 4.18. The average Bonchev–Trinajstić information content (AvgIpc) is 2.69. The van der Waals surface area contributed by atoms with Gasteiger partial charge in [0.25, 0.3) is 0 Å². The third-order valence-corrected chi connectivity index (χ3v) is 5.66. The summed E-state index contributed by atoms with van der Waals surface area (Å²) < 4.78 is 5.78. The summed E-state index contributed by atoms with van der Waals surface area (Å²) in [5, 5.41) is 11.9. The molecule has 0 saturated heterocycles. The van der Waals surface area contributed by atoms with Crippen molar-refractivity contribution in [2.45, 2.75) is 46.5 Å². The highest BCUT2D eigenvalue weighted by Crippen LogP contribution is 2.40. The summed E-state index contributed by atoms with van der Waals surface area (Å²) in [5.74, 6) is 2.29. The van der Waals surface area contributed by atoms with Crippen LogP contribution in [0.25, 0.3) is 0 Å². The highest BCUT2D eigenvalue weighted by atomic mass is 16.5. The molecule has 1 aliphatic carbocycles. The number of hydrogen-bond acceptors (Lipinski definition) is 3. The number of carbonyl (C=O) groups excluding carboxylic acids is 1. The van der Waals surface area contributed by atoms with Crippen molar-refractivity contribution in [3.05, 3.63) is 54.1 Å². The first-order chi connectivity index (χ1) is 13.3. The molecular formula is C24H28N2O2. The normalized spacial score (nSPS) is 19.5. The Hall–Kier alpha value is -2.80. The number of rotatable bonds is 4. The molecule has 0 bridgehead atoms. The number of nitriles is 1. The maximum Gasteiger partial charge on any atom is 0.227 e. The lowest BCUT2D eigenvalue weighted by molar-refractivity contribution is -0.121. The number of nitrogens with one attached hydrogen (secondary N) is 1. The van der Waals surface area contributed by atoms with E-state index in [9.17, 15) is 4.79 Å². The quantitative estimate of drug-likeness (QED) is 0.697. The van der Waals surface area contributed by atoms with Crippen LogP contribution < -0.4 is 10.1 Å². The van der Waals surface area contributed by atoms with Gasteiger partial charge in [0.2, 0.25) is 5.91 Å². The number of carbonyl (C=O) groups is 1. The standard InChI is InChI=1S/C24H28N2O2/c1-24(2,3)19-8-6-18(7-9-19)23(27)26-20-10-14-22(15-11-20)28-21-12-4-17(16-25)5-13-21/h4-5,10-15,18-19H,6-9H2,1-3H3,(H,26,27). The molecule has 3 rings (SSSR count). The molecular weight excluding hydrogens is 348 g/mol. The number of anilines is 1. The Balaban J connectivity index is 1.52. The molecule has 28 heavy (non-hydrogen) atoms. The van der Waals surface area contributed by atoms with Gasteiger partial charge in [0, 0.05) is 11.6 Å². The van der Waals surface area contributed by atoms with Gasteiger partial charge in [-0.25, -0.2) is 0 Å². The van der Waals surface area contributed by atoms with Crippen molar-refractivity contribution < 1.29 is 9.53 Å². The van der Waals surface area contributed by atoms with E-state index in [1.807, 2.05) is 24.3 Å². The summed E-state index contributed by atoms with van der Waals surface area (Å²) >= 11 is 0. The molecule has 2 aromatic rings. The van der Waals surface area contributed by atoms with Gasteiger partial charge in [0.15, 0.2) is 0 Å². The van der Waals surface area contributed by atoms with Gasteiger partial charge in [-0.1, -0.05) is 20.8 Å². The van der Waals surface area contributed by atoms with Crippen LogP contribution in [-0.4, -0.2) is 5.91 Å². The van der Waals surface area contributed by atoms with Crippen LogP contribution in [0.15, 0.2) is 48.5 Å². The van der Waals surface area contributed by atoms with Crippen LogP contribution in [0.5, 0.6) is 11.5 Å². The highest BCUT2D eigenvalue weighted by Gasteiger charge is 2.32. The minimum Gasteiger partial charge on any atom is -0.457 e. The first kappa shape index (κ1) is 19.9. The van der Waals surface area contributed by atoms with E-state index in [0.29, 0.717) is 28.4 Å². The minimum absolute atomic E-state index is 0.105. The third-order valence-electron chi connectivity index (χ3n) is 5.66. The maximum absolute atomic E-state index is 12.6. The molecule has 0 heterocycles. The van der Waals surface area contributed by atoms with Gasteiger partial charge in [0.1, 0.15) is 11.5 Å². The van der Waals surface area contributed by atoms with Gasteiger partial charge in [-0.05, 0) is 85.5 Å². The van der Waals surface area contributed by atoms with Gasteiger partial charge in [-0.3, -0.25) is 4.79 Å². The second-order valence-corrected chi connectivity index (χ2v) is 8.67. The second-order valence-electron chi connectivity index (χ2n) is 8.67. The number of ether oxygens (including phenoxy) is 1. The molecule has 0 radical (unpaired) electrons. The molecule has 4 heteroatoms. The van der Waals surface area contributed by atoms with Crippen LogP contribution in [0.3, 0.4) is 0 Å². The zero-order valence-corrected chi connectivity index (χ0v) is 16.9. The summed E-state index contributed by atoms with van der Waals surface area (Å²) in [5.41, 5.74) is 1.71. The average molecular weight is 377 g/mol. The first-order valence-corrected chi connectivity index (χ1v) is 9.94. The summed E-state index contributed by atoms with van der Waals surface area (Å²) in [6, 6.07) is 16.5. The Labute approximate surface area is 167 Å². The lowest BCUT2D eigenvalue weighted by Crippen LogP contribution is -2.31. The Morgan fingerprint density at radius 3 is 2.00 bits per heavy atom. The Bertz CT molecular complexity index is 834. The predicted molar refractivity (Wildman–Crippen MR) is 111 cm³/mol. The molecule has 4 nitrogen and oxygen atoms in total.